The quantitative estimate of drug-likeness (QED) is 0.705. The van der Waals surface area contributed by atoms with E-state index in [-0.39, 0.29) is 5.92 Å². The molecule has 0 aromatic rings. The molecule has 1 atom stereocenters. The molecule has 5 nitrogen and oxygen atoms in total. The first-order valence-electron chi connectivity index (χ1n) is 5.02. The molecular formula is C10H19NO4. The number of hydrogen-bond acceptors (Lipinski definition) is 4. The number of methoxy groups -OCH3 is 1. The monoisotopic (exact) mass is 217 g/mol. The van der Waals surface area contributed by atoms with Gasteiger partial charge in [0.2, 0.25) is 0 Å². The van der Waals surface area contributed by atoms with E-state index in [0.29, 0.717) is 13.0 Å². The second kappa shape index (κ2) is 7.09. The Morgan fingerprint density at radius 2 is 1.93 bits per heavy atom. The number of rotatable bonds is 5. The van der Waals surface area contributed by atoms with Crippen LogP contribution in [0.25, 0.3) is 0 Å². The van der Waals surface area contributed by atoms with Crippen LogP contribution < -0.4 is 5.32 Å². The Morgan fingerprint density at radius 3 is 2.33 bits per heavy atom. The molecule has 0 aromatic carbocycles. The minimum atomic E-state index is -0.627. The molecule has 0 spiro atoms. The predicted molar refractivity (Wildman–Crippen MR) is 55.4 cm³/mol. The second-order valence-corrected chi connectivity index (χ2v) is 3.57. The highest BCUT2D eigenvalue weighted by molar-refractivity contribution is 5.81. The van der Waals surface area contributed by atoms with Gasteiger partial charge in [0.25, 0.3) is 0 Å². The van der Waals surface area contributed by atoms with Gasteiger partial charge in [0.05, 0.1) is 13.7 Å². The summed E-state index contributed by atoms with van der Waals surface area (Å²) < 4.78 is 9.27. The second-order valence-electron chi connectivity index (χ2n) is 3.57. The number of alkyl carbamates (subject to hydrolysis) is 1. The third kappa shape index (κ3) is 5.93. The summed E-state index contributed by atoms with van der Waals surface area (Å²) in [6, 6.07) is -0.627. The van der Waals surface area contributed by atoms with E-state index in [4.69, 9.17) is 4.74 Å². The van der Waals surface area contributed by atoms with Crippen LogP contribution in [0.15, 0.2) is 0 Å². The van der Waals surface area contributed by atoms with E-state index in [1.165, 1.54) is 7.11 Å². The van der Waals surface area contributed by atoms with E-state index in [0.717, 1.165) is 0 Å². The molecule has 0 rings (SSSR count). The zero-order valence-corrected chi connectivity index (χ0v) is 9.70. The average Bonchev–Trinajstić information content (AvgIpc) is 2.16. The number of carbonyl (C=O) groups is 2. The van der Waals surface area contributed by atoms with Crippen LogP contribution in [-0.2, 0) is 14.3 Å². The number of nitrogens with one attached hydrogen (secondary N) is 1. The van der Waals surface area contributed by atoms with E-state index in [9.17, 15) is 9.59 Å². The first-order chi connectivity index (χ1) is 7.01. The van der Waals surface area contributed by atoms with Gasteiger partial charge >= 0.3 is 12.1 Å². The van der Waals surface area contributed by atoms with Gasteiger partial charge in [-0.05, 0) is 19.3 Å². The molecule has 0 bridgehead atoms. The van der Waals surface area contributed by atoms with Crippen molar-refractivity contribution >= 4 is 12.1 Å². The molecule has 0 saturated carbocycles. The minimum absolute atomic E-state index is 0.288. The van der Waals surface area contributed by atoms with Crippen LogP contribution in [0.3, 0.4) is 0 Å². The molecule has 0 radical (unpaired) electrons. The van der Waals surface area contributed by atoms with E-state index in [1.54, 1.807) is 6.92 Å². The molecular weight excluding hydrogens is 198 g/mol. The summed E-state index contributed by atoms with van der Waals surface area (Å²) in [5.41, 5.74) is 0. The Bertz CT molecular complexity index is 215. The van der Waals surface area contributed by atoms with Crippen LogP contribution in [0, 0.1) is 5.92 Å². The zero-order valence-electron chi connectivity index (χ0n) is 9.70. The van der Waals surface area contributed by atoms with Crippen molar-refractivity contribution in [3.63, 3.8) is 0 Å². The van der Waals surface area contributed by atoms with E-state index < -0.39 is 18.1 Å². The molecule has 5 heteroatoms. The molecule has 88 valence electrons. The average molecular weight is 217 g/mol. The molecule has 0 aromatic heterocycles. The fourth-order valence-corrected chi connectivity index (χ4v) is 1.13. The highest BCUT2D eigenvalue weighted by Crippen LogP contribution is 2.06. The largest absolute Gasteiger partial charge is 0.464 e. The summed E-state index contributed by atoms with van der Waals surface area (Å²) in [5.74, 6) is -0.131. The summed E-state index contributed by atoms with van der Waals surface area (Å²) >= 11 is 0. The minimum Gasteiger partial charge on any atom is -0.464 e. The first-order valence-corrected chi connectivity index (χ1v) is 5.02. The number of ether oxygens (including phenoxy) is 2. The van der Waals surface area contributed by atoms with Gasteiger partial charge in [-0.2, -0.15) is 0 Å². The van der Waals surface area contributed by atoms with E-state index >= 15 is 0 Å². The van der Waals surface area contributed by atoms with Crippen molar-refractivity contribution in [1.29, 1.82) is 0 Å². The van der Waals surface area contributed by atoms with E-state index in [1.807, 2.05) is 13.8 Å². The van der Waals surface area contributed by atoms with Gasteiger partial charge in [0, 0.05) is 0 Å². The Balaban J connectivity index is 4.29. The lowest BCUT2D eigenvalue weighted by molar-refractivity contribution is -0.145. The normalized spacial score (nSPS) is 12.1. The van der Waals surface area contributed by atoms with Gasteiger partial charge in [-0.25, -0.2) is 9.59 Å². The van der Waals surface area contributed by atoms with Crippen molar-refractivity contribution in [1.82, 2.24) is 5.32 Å². The molecule has 0 aliphatic rings. The summed E-state index contributed by atoms with van der Waals surface area (Å²) in [6.45, 7) is 5.95. The van der Waals surface area contributed by atoms with Crippen LogP contribution in [-0.4, -0.2) is 31.8 Å². The van der Waals surface area contributed by atoms with Crippen molar-refractivity contribution in [3.05, 3.63) is 0 Å². The van der Waals surface area contributed by atoms with Gasteiger partial charge in [-0.1, -0.05) is 13.8 Å². The van der Waals surface area contributed by atoms with Crippen LogP contribution in [0.2, 0.25) is 0 Å². The number of hydrogen-bond donors (Lipinski definition) is 1. The highest BCUT2D eigenvalue weighted by atomic mass is 16.5. The smallest absolute Gasteiger partial charge is 0.407 e. The molecule has 15 heavy (non-hydrogen) atoms. The van der Waals surface area contributed by atoms with Crippen molar-refractivity contribution in [2.24, 2.45) is 5.92 Å². The lowest BCUT2D eigenvalue weighted by Crippen LogP contribution is -2.42. The van der Waals surface area contributed by atoms with Crippen molar-refractivity contribution < 1.29 is 19.1 Å². The van der Waals surface area contributed by atoms with Gasteiger partial charge in [0.1, 0.15) is 6.04 Å². The number of esters is 1. The molecule has 0 fully saturated rings. The fourth-order valence-electron chi connectivity index (χ4n) is 1.13. The van der Waals surface area contributed by atoms with Gasteiger partial charge in [0.15, 0.2) is 0 Å². The molecule has 0 unspecified atom stereocenters. The SMILES string of the molecule is CCOC(=O)[C@H](CC(C)C)NC(=O)OC. The maximum atomic E-state index is 11.4. The first kappa shape index (κ1) is 13.7. The summed E-state index contributed by atoms with van der Waals surface area (Å²) in [4.78, 5) is 22.4. The lowest BCUT2D eigenvalue weighted by atomic mass is 10.0. The maximum absolute atomic E-state index is 11.4. The maximum Gasteiger partial charge on any atom is 0.407 e. The third-order valence-electron chi connectivity index (χ3n) is 1.76. The Kier molecular flexibility index (Phi) is 6.49. The van der Waals surface area contributed by atoms with E-state index in [2.05, 4.69) is 10.1 Å². The lowest BCUT2D eigenvalue weighted by Gasteiger charge is -2.17. The van der Waals surface area contributed by atoms with Crippen molar-refractivity contribution in [3.8, 4) is 0 Å². The van der Waals surface area contributed by atoms with Gasteiger partial charge < -0.3 is 14.8 Å². The van der Waals surface area contributed by atoms with Crippen LogP contribution in [0.4, 0.5) is 4.79 Å². The number of amides is 1. The fraction of sp³-hybridized carbons (Fsp3) is 0.800. The summed E-state index contributed by atoms with van der Waals surface area (Å²) in [7, 11) is 1.26. The van der Waals surface area contributed by atoms with Crippen molar-refractivity contribution in [2.45, 2.75) is 33.2 Å². The Morgan fingerprint density at radius 1 is 1.33 bits per heavy atom. The summed E-state index contributed by atoms with van der Waals surface area (Å²) in [5, 5.41) is 2.45. The highest BCUT2D eigenvalue weighted by Gasteiger charge is 2.23. The predicted octanol–water partition coefficient (Wildman–Crippen LogP) is 1.32. The summed E-state index contributed by atoms with van der Waals surface area (Å²) in [6.07, 6.45) is -0.0813. The van der Waals surface area contributed by atoms with Crippen molar-refractivity contribution in [2.75, 3.05) is 13.7 Å². The van der Waals surface area contributed by atoms with Crippen LogP contribution >= 0.6 is 0 Å². The van der Waals surface area contributed by atoms with Gasteiger partial charge in [-0.15, -0.1) is 0 Å². The van der Waals surface area contributed by atoms with Crippen LogP contribution in [0.5, 0.6) is 0 Å². The molecule has 1 amide bonds. The molecule has 0 aliphatic heterocycles. The topological polar surface area (TPSA) is 64.6 Å². The standard InChI is InChI=1S/C10H19NO4/c1-5-15-9(12)8(6-7(2)3)11-10(13)14-4/h7-8H,5-6H2,1-4H3,(H,11,13)/t8-/m0/s1. The molecule has 1 N–H and O–H groups in total. The third-order valence-corrected chi connectivity index (χ3v) is 1.76. The Labute approximate surface area is 90.1 Å². The molecule has 0 heterocycles. The Hall–Kier alpha value is -1.26. The molecule has 0 aliphatic carbocycles. The number of carbonyl (C=O) groups excluding carboxylic acids is 2. The zero-order chi connectivity index (χ0) is 11.8. The van der Waals surface area contributed by atoms with Crippen LogP contribution in [0.1, 0.15) is 27.2 Å². The van der Waals surface area contributed by atoms with Gasteiger partial charge in [-0.3, -0.25) is 0 Å². The molecule has 0 saturated heterocycles.